The molecule has 0 saturated carbocycles. The minimum Gasteiger partial charge on any atom is -0.390 e. The summed E-state index contributed by atoms with van der Waals surface area (Å²) in [5.74, 6) is -0.168. The average molecular weight is 344 g/mol. The van der Waals surface area contributed by atoms with Crippen molar-refractivity contribution < 1.29 is 9.50 Å². The Bertz CT molecular complexity index is 325. The highest BCUT2D eigenvalue weighted by atomic mass is 127. The number of benzene rings is 1. The first kappa shape index (κ1) is 13.0. The second-order valence-corrected chi connectivity index (χ2v) is 4.76. The number of hydrogen-bond donors (Lipinski definition) is 2. The van der Waals surface area contributed by atoms with Crippen molar-refractivity contribution in [3.05, 3.63) is 27.1 Å². The molecule has 0 spiro atoms. The van der Waals surface area contributed by atoms with E-state index in [2.05, 4.69) is 27.9 Å². The second kappa shape index (κ2) is 5.86. The summed E-state index contributed by atoms with van der Waals surface area (Å²) in [6.07, 6.45) is -0.664. The highest BCUT2D eigenvalue weighted by molar-refractivity contribution is 14.1. The molecule has 0 bridgehead atoms. The quantitative estimate of drug-likeness (QED) is 0.651. The van der Waals surface area contributed by atoms with Crippen LogP contribution in [0.25, 0.3) is 0 Å². The third-order valence-electron chi connectivity index (χ3n) is 1.88. The van der Waals surface area contributed by atoms with Crippen LogP contribution >= 0.6 is 34.2 Å². The third kappa shape index (κ3) is 3.77. The molecule has 0 aliphatic heterocycles. The van der Waals surface area contributed by atoms with Gasteiger partial charge in [-0.1, -0.05) is 0 Å². The summed E-state index contributed by atoms with van der Waals surface area (Å²) in [4.78, 5) is 0. The first-order valence-corrected chi connectivity index (χ1v) is 6.09. The molecule has 2 N–H and O–H groups in total. The van der Waals surface area contributed by atoms with Gasteiger partial charge in [-0.15, -0.1) is 11.6 Å². The van der Waals surface area contributed by atoms with Gasteiger partial charge in [-0.05, 0) is 47.2 Å². The van der Waals surface area contributed by atoms with Gasteiger partial charge in [0.2, 0.25) is 0 Å². The van der Waals surface area contributed by atoms with Crippen molar-refractivity contribution in [2.75, 3.05) is 17.7 Å². The minimum atomic E-state index is -0.664. The van der Waals surface area contributed by atoms with E-state index in [0.29, 0.717) is 5.69 Å². The average Bonchev–Trinajstić information content (AvgIpc) is 2.15. The lowest BCUT2D eigenvalue weighted by atomic mass is 10.2. The number of alkyl halides is 1. The van der Waals surface area contributed by atoms with Crippen LogP contribution in [0, 0.1) is 16.3 Å². The second-order valence-electron chi connectivity index (χ2n) is 3.29. The summed E-state index contributed by atoms with van der Waals surface area (Å²) in [5.41, 5.74) is 1.30. The van der Waals surface area contributed by atoms with Crippen LogP contribution in [0.3, 0.4) is 0 Å². The molecule has 0 amide bonds. The molecule has 1 unspecified atom stereocenters. The standard InChI is InChI=1S/C10H12ClFINO/c1-6-2-8(12)10(9(13)3-6)14-5-7(15)4-11/h2-3,7,14-15H,4-5H2,1H3. The molecule has 0 aromatic heterocycles. The molecule has 1 aromatic rings. The van der Waals surface area contributed by atoms with E-state index in [9.17, 15) is 9.50 Å². The Morgan fingerprint density at radius 1 is 1.60 bits per heavy atom. The van der Waals surface area contributed by atoms with Crippen LogP contribution < -0.4 is 5.32 Å². The summed E-state index contributed by atoms with van der Waals surface area (Å²) in [6, 6.07) is 3.33. The van der Waals surface area contributed by atoms with E-state index in [1.54, 1.807) is 0 Å². The summed E-state index contributed by atoms with van der Waals surface area (Å²) >= 11 is 7.49. The molecule has 0 heterocycles. The predicted molar refractivity (Wildman–Crippen MR) is 69.1 cm³/mol. The van der Waals surface area contributed by atoms with Gasteiger partial charge in [-0.3, -0.25) is 0 Å². The van der Waals surface area contributed by atoms with E-state index in [-0.39, 0.29) is 18.2 Å². The topological polar surface area (TPSA) is 32.3 Å². The van der Waals surface area contributed by atoms with Gasteiger partial charge in [0.05, 0.1) is 17.7 Å². The summed E-state index contributed by atoms with van der Waals surface area (Å²) in [7, 11) is 0. The minimum absolute atomic E-state index is 0.136. The van der Waals surface area contributed by atoms with E-state index in [0.717, 1.165) is 9.13 Å². The van der Waals surface area contributed by atoms with E-state index in [1.807, 2.05) is 13.0 Å². The zero-order valence-corrected chi connectivity index (χ0v) is 11.1. The predicted octanol–water partition coefficient (Wildman–Crippen LogP) is 2.75. The fourth-order valence-electron chi connectivity index (χ4n) is 1.14. The number of aliphatic hydroxyl groups is 1. The smallest absolute Gasteiger partial charge is 0.147 e. The van der Waals surface area contributed by atoms with Crippen molar-refractivity contribution in [2.24, 2.45) is 0 Å². The molecule has 1 rings (SSSR count). The third-order valence-corrected chi connectivity index (χ3v) is 3.09. The molecule has 0 radical (unpaired) electrons. The number of aliphatic hydroxyl groups excluding tert-OH is 1. The van der Waals surface area contributed by atoms with E-state index in [1.165, 1.54) is 6.07 Å². The molecule has 84 valence electrons. The number of nitrogens with one attached hydrogen (secondary N) is 1. The number of hydrogen-bond acceptors (Lipinski definition) is 2. The van der Waals surface area contributed by atoms with Gasteiger partial charge in [0.25, 0.3) is 0 Å². The van der Waals surface area contributed by atoms with Crippen molar-refractivity contribution in [3.8, 4) is 0 Å². The maximum Gasteiger partial charge on any atom is 0.147 e. The first-order valence-electron chi connectivity index (χ1n) is 4.48. The van der Waals surface area contributed by atoms with Crippen LogP contribution in [-0.2, 0) is 0 Å². The SMILES string of the molecule is Cc1cc(F)c(NCC(O)CCl)c(I)c1. The lowest BCUT2D eigenvalue weighted by molar-refractivity contribution is 0.211. The molecule has 0 saturated heterocycles. The number of rotatable bonds is 4. The molecule has 2 nitrogen and oxygen atoms in total. The Balaban J connectivity index is 2.77. The molecule has 15 heavy (non-hydrogen) atoms. The Morgan fingerprint density at radius 3 is 2.80 bits per heavy atom. The van der Waals surface area contributed by atoms with Crippen LogP contribution in [0.5, 0.6) is 0 Å². The Kier molecular flexibility index (Phi) is 5.08. The van der Waals surface area contributed by atoms with Crippen molar-refractivity contribution in [1.29, 1.82) is 0 Å². The molecular formula is C10H12ClFINO. The molecular weight excluding hydrogens is 331 g/mol. The summed E-state index contributed by atoms with van der Waals surface area (Å²) in [5, 5.41) is 12.1. The van der Waals surface area contributed by atoms with Gasteiger partial charge in [-0.2, -0.15) is 0 Å². The summed E-state index contributed by atoms with van der Waals surface area (Å²) < 4.78 is 14.3. The fraction of sp³-hybridized carbons (Fsp3) is 0.400. The maximum absolute atomic E-state index is 13.5. The molecule has 1 atom stereocenters. The van der Waals surface area contributed by atoms with Crippen LogP contribution in [0.1, 0.15) is 5.56 Å². The zero-order chi connectivity index (χ0) is 11.4. The van der Waals surface area contributed by atoms with Crippen LogP contribution in [-0.4, -0.2) is 23.6 Å². The molecule has 0 aliphatic carbocycles. The highest BCUT2D eigenvalue weighted by Crippen LogP contribution is 2.23. The van der Waals surface area contributed by atoms with Gasteiger partial charge in [0.1, 0.15) is 5.82 Å². The molecule has 1 aromatic carbocycles. The van der Waals surface area contributed by atoms with E-state index in [4.69, 9.17) is 11.6 Å². The normalized spacial score (nSPS) is 12.6. The summed E-state index contributed by atoms with van der Waals surface area (Å²) in [6.45, 7) is 2.09. The van der Waals surface area contributed by atoms with Gasteiger partial charge in [0.15, 0.2) is 0 Å². The zero-order valence-electron chi connectivity index (χ0n) is 8.23. The number of aryl methyl sites for hydroxylation is 1. The van der Waals surface area contributed by atoms with Crippen molar-refractivity contribution >= 4 is 39.9 Å². The maximum atomic E-state index is 13.5. The van der Waals surface area contributed by atoms with Crippen molar-refractivity contribution in [3.63, 3.8) is 0 Å². The Morgan fingerprint density at radius 2 is 2.27 bits per heavy atom. The Labute approximate surface area is 107 Å². The lowest BCUT2D eigenvalue weighted by Gasteiger charge is -2.13. The van der Waals surface area contributed by atoms with Gasteiger partial charge >= 0.3 is 0 Å². The van der Waals surface area contributed by atoms with Crippen molar-refractivity contribution in [2.45, 2.75) is 13.0 Å². The number of halogens is 3. The molecule has 0 fully saturated rings. The highest BCUT2D eigenvalue weighted by Gasteiger charge is 2.09. The van der Waals surface area contributed by atoms with Crippen LogP contribution in [0.15, 0.2) is 12.1 Å². The van der Waals surface area contributed by atoms with Crippen LogP contribution in [0.4, 0.5) is 10.1 Å². The van der Waals surface area contributed by atoms with Crippen molar-refractivity contribution in [1.82, 2.24) is 0 Å². The van der Waals surface area contributed by atoms with Gasteiger partial charge in [0, 0.05) is 10.1 Å². The Hall–Kier alpha value is -0.0700. The fourth-order valence-corrected chi connectivity index (χ4v) is 2.19. The monoisotopic (exact) mass is 343 g/mol. The van der Waals surface area contributed by atoms with Gasteiger partial charge in [-0.25, -0.2) is 4.39 Å². The van der Waals surface area contributed by atoms with Gasteiger partial charge < -0.3 is 10.4 Å². The van der Waals surface area contributed by atoms with E-state index >= 15 is 0 Å². The first-order chi connectivity index (χ1) is 7.04. The van der Waals surface area contributed by atoms with E-state index < -0.39 is 6.10 Å². The van der Waals surface area contributed by atoms with Crippen LogP contribution in [0.2, 0.25) is 0 Å². The molecule has 5 heteroatoms. The molecule has 0 aliphatic rings. The lowest BCUT2D eigenvalue weighted by Crippen LogP contribution is -2.21. The number of anilines is 1. The largest absolute Gasteiger partial charge is 0.390 e.